The number of rotatable bonds is 4. The first-order valence-electron chi connectivity index (χ1n) is 5.10. The normalized spacial score (nSPS) is 20.4. The molecule has 0 unspecified atom stereocenters. The maximum Gasteiger partial charge on any atom is 0.249 e. The van der Waals surface area contributed by atoms with E-state index in [4.69, 9.17) is 9.94 Å². The third kappa shape index (κ3) is 3.43. The fourth-order valence-electron chi connectivity index (χ4n) is 1.85. The van der Waals surface area contributed by atoms with Crippen molar-refractivity contribution in [2.24, 2.45) is 5.41 Å². The summed E-state index contributed by atoms with van der Waals surface area (Å²) in [6, 6.07) is 0. The monoisotopic (exact) mass is 251 g/mol. The van der Waals surface area contributed by atoms with E-state index in [2.05, 4.69) is 0 Å². The summed E-state index contributed by atoms with van der Waals surface area (Å²) in [5, 5.41) is 8.69. The van der Waals surface area contributed by atoms with E-state index < -0.39 is 21.2 Å². The van der Waals surface area contributed by atoms with Crippen LogP contribution in [0.4, 0.5) is 0 Å². The van der Waals surface area contributed by atoms with Crippen LogP contribution in [0.25, 0.3) is 0 Å². The Morgan fingerprint density at radius 1 is 1.44 bits per heavy atom. The summed E-state index contributed by atoms with van der Waals surface area (Å²) in [5.74, 6) is -0.570. The predicted octanol–water partition coefficient (Wildman–Crippen LogP) is -0.277. The van der Waals surface area contributed by atoms with E-state index in [0.29, 0.717) is 26.1 Å². The summed E-state index contributed by atoms with van der Waals surface area (Å²) in [6.07, 6.45) is 2.24. The number of hydroxylamine groups is 1. The molecule has 6 nitrogen and oxygen atoms in total. The van der Waals surface area contributed by atoms with Gasteiger partial charge in [-0.25, -0.2) is 13.9 Å². The van der Waals surface area contributed by atoms with Crippen LogP contribution in [0, 0.1) is 5.41 Å². The van der Waals surface area contributed by atoms with Crippen molar-refractivity contribution in [3.63, 3.8) is 0 Å². The summed E-state index contributed by atoms with van der Waals surface area (Å²) in [7, 11) is -3.11. The lowest BCUT2D eigenvalue weighted by Crippen LogP contribution is -2.44. The number of carbonyl (C=O) groups is 1. The van der Waals surface area contributed by atoms with Crippen molar-refractivity contribution >= 4 is 15.7 Å². The van der Waals surface area contributed by atoms with Gasteiger partial charge in [0.2, 0.25) is 5.91 Å². The molecule has 1 fully saturated rings. The molecule has 0 radical (unpaired) electrons. The summed E-state index contributed by atoms with van der Waals surface area (Å²) in [4.78, 5) is 11.6. The van der Waals surface area contributed by atoms with Crippen LogP contribution in [-0.2, 0) is 19.4 Å². The third-order valence-electron chi connectivity index (χ3n) is 2.98. The molecule has 0 atom stereocenters. The Balaban J connectivity index is 2.74. The van der Waals surface area contributed by atoms with Gasteiger partial charge in [0.1, 0.15) is 9.84 Å². The van der Waals surface area contributed by atoms with Gasteiger partial charge in [0.15, 0.2) is 0 Å². The number of hydrogen-bond acceptors (Lipinski definition) is 5. The smallest absolute Gasteiger partial charge is 0.249 e. The zero-order chi connectivity index (χ0) is 12.2. The SMILES string of the molecule is CS(=O)(=O)CCC1(C(=O)NO)CCOCC1. The molecule has 1 heterocycles. The van der Waals surface area contributed by atoms with Gasteiger partial charge in [-0.3, -0.25) is 10.0 Å². The van der Waals surface area contributed by atoms with Crippen LogP contribution >= 0.6 is 0 Å². The van der Waals surface area contributed by atoms with Crippen molar-refractivity contribution in [1.82, 2.24) is 5.48 Å². The molecule has 0 aromatic heterocycles. The lowest BCUT2D eigenvalue weighted by Gasteiger charge is -2.34. The standard InChI is InChI=1S/C9H17NO5S/c1-16(13,14)7-4-9(8(11)10-12)2-5-15-6-3-9/h12H,2-7H2,1H3,(H,10,11). The Kier molecular flexibility index (Phi) is 4.28. The lowest BCUT2D eigenvalue weighted by atomic mass is 9.77. The van der Waals surface area contributed by atoms with Gasteiger partial charge < -0.3 is 4.74 Å². The van der Waals surface area contributed by atoms with E-state index in [-0.39, 0.29) is 12.2 Å². The van der Waals surface area contributed by atoms with Gasteiger partial charge in [-0.05, 0) is 19.3 Å². The van der Waals surface area contributed by atoms with E-state index in [0.717, 1.165) is 6.26 Å². The molecule has 0 aliphatic carbocycles. The topological polar surface area (TPSA) is 92.7 Å². The van der Waals surface area contributed by atoms with Crippen LogP contribution < -0.4 is 5.48 Å². The maximum absolute atomic E-state index is 11.6. The maximum atomic E-state index is 11.6. The molecule has 1 aliphatic heterocycles. The zero-order valence-electron chi connectivity index (χ0n) is 9.23. The fourth-order valence-corrected chi connectivity index (χ4v) is 2.61. The minimum Gasteiger partial charge on any atom is -0.381 e. The molecule has 1 rings (SSSR count). The average molecular weight is 251 g/mol. The highest BCUT2D eigenvalue weighted by atomic mass is 32.2. The van der Waals surface area contributed by atoms with Gasteiger partial charge in [0, 0.05) is 19.5 Å². The van der Waals surface area contributed by atoms with Gasteiger partial charge in [-0.1, -0.05) is 0 Å². The van der Waals surface area contributed by atoms with Gasteiger partial charge in [-0.15, -0.1) is 0 Å². The second kappa shape index (κ2) is 5.11. The first kappa shape index (κ1) is 13.4. The molecule has 94 valence electrons. The quantitative estimate of drug-likeness (QED) is 0.529. The molecule has 1 aliphatic rings. The number of ether oxygens (including phenoxy) is 1. The minimum absolute atomic E-state index is 0.0551. The van der Waals surface area contributed by atoms with Crippen molar-refractivity contribution in [3.05, 3.63) is 0 Å². The highest BCUT2D eigenvalue weighted by molar-refractivity contribution is 7.90. The summed E-state index contributed by atoms with van der Waals surface area (Å²) >= 11 is 0. The molecular formula is C9H17NO5S. The van der Waals surface area contributed by atoms with Crippen molar-refractivity contribution in [2.75, 3.05) is 25.2 Å². The highest BCUT2D eigenvalue weighted by Crippen LogP contribution is 2.34. The summed E-state index contributed by atoms with van der Waals surface area (Å²) in [5.41, 5.74) is 0.813. The predicted molar refractivity (Wildman–Crippen MR) is 56.7 cm³/mol. The van der Waals surface area contributed by atoms with Gasteiger partial charge in [0.25, 0.3) is 0 Å². The molecule has 0 aromatic carbocycles. The van der Waals surface area contributed by atoms with E-state index >= 15 is 0 Å². The minimum atomic E-state index is -3.11. The Bertz CT molecular complexity index is 345. The number of carbonyl (C=O) groups excluding carboxylic acids is 1. The second-order valence-corrected chi connectivity index (χ2v) is 6.47. The summed E-state index contributed by atoms with van der Waals surface area (Å²) < 4.78 is 27.3. The lowest BCUT2D eigenvalue weighted by molar-refractivity contribution is -0.145. The van der Waals surface area contributed by atoms with Crippen LogP contribution in [0.5, 0.6) is 0 Å². The molecule has 0 bridgehead atoms. The molecular weight excluding hydrogens is 234 g/mol. The van der Waals surface area contributed by atoms with Crippen molar-refractivity contribution in [2.45, 2.75) is 19.3 Å². The Morgan fingerprint density at radius 3 is 2.44 bits per heavy atom. The first-order valence-corrected chi connectivity index (χ1v) is 7.16. The van der Waals surface area contributed by atoms with E-state index in [1.807, 2.05) is 0 Å². The van der Waals surface area contributed by atoms with Crippen molar-refractivity contribution < 1.29 is 23.2 Å². The van der Waals surface area contributed by atoms with Crippen LogP contribution in [0.3, 0.4) is 0 Å². The molecule has 16 heavy (non-hydrogen) atoms. The van der Waals surface area contributed by atoms with Crippen LogP contribution in [0.15, 0.2) is 0 Å². The van der Waals surface area contributed by atoms with Crippen LogP contribution in [0.1, 0.15) is 19.3 Å². The fraction of sp³-hybridized carbons (Fsp3) is 0.889. The van der Waals surface area contributed by atoms with Crippen molar-refractivity contribution in [1.29, 1.82) is 0 Å². The number of nitrogens with one attached hydrogen (secondary N) is 1. The average Bonchev–Trinajstić information content (AvgIpc) is 2.25. The Hall–Kier alpha value is -0.660. The molecule has 7 heteroatoms. The molecule has 0 saturated carbocycles. The van der Waals surface area contributed by atoms with Crippen LogP contribution in [0.2, 0.25) is 0 Å². The summed E-state index contributed by atoms with van der Waals surface area (Å²) in [6.45, 7) is 0.828. The first-order chi connectivity index (χ1) is 7.40. The second-order valence-electron chi connectivity index (χ2n) is 4.21. The van der Waals surface area contributed by atoms with E-state index in [1.54, 1.807) is 5.48 Å². The molecule has 1 saturated heterocycles. The van der Waals surface area contributed by atoms with Gasteiger partial charge in [-0.2, -0.15) is 0 Å². The Labute approximate surface area is 94.9 Å². The largest absolute Gasteiger partial charge is 0.381 e. The highest BCUT2D eigenvalue weighted by Gasteiger charge is 2.40. The Morgan fingerprint density at radius 2 is 2.00 bits per heavy atom. The number of hydrogen-bond donors (Lipinski definition) is 2. The zero-order valence-corrected chi connectivity index (χ0v) is 10.0. The third-order valence-corrected chi connectivity index (χ3v) is 3.93. The van der Waals surface area contributed by atoms with Gasteiger partial charge in [0.05, 0.1) is 11.2 Å². The van der Waals surface area contributed by atoms with E-state index in [1.165, 1.54) is 0 Å². The molecule has 2 N–H and O–H groups in total. The van der Waals surface area contributed by atoms with Crippen LogP contribution in [-0.4, -0.2) is 44.8 Å². The van der Waals surface area contributed by atoms with Crippen molar-refractivity contribution in [3.8, 4) is 0 Å². The number of amides is 1. The molecule has 1 amide bonds. The van der Waals surface area contributed by atoms with Gasteiger partial charge >= 0.3 is 0 Å². The van der Waals surface area contributed by atoms with E-state index in [9.17, 15) is 13.2 Å². The molecule has 0 spiro atoms. The number of sulfone groups is 1. The molecule has 0 aromatic rings.